The minimum atomic E-state index is -1.09. The molecule has 11 heteroatoms. The number of aromatic nitrogens is 1. The van der Waals surface area contributed by atoms with Crippen LogP contribution in [0.3, 0.4) is 0 Å². The monoisotopic (exact) mass is 733 g/mol. The topological polar surface area (TPSA) is 122 Å². The molecule has 0 amide bonds. The Labute approximate surface area is 309 Å². The Morgan fingerprint density at radius 2 is 1.10 bits per heavy atom. The largest absolute Gasteiger partial charge is 0.504 e. The van der Waals surface area contributed by atoms with Crippen molar-refractivity contribution in [1.82, 2.24) is 14.8 Å². The van der Waals surface area contributed by atoms with Crippen LogP contribution in [0.25, 0.3) is 0 Å². The van der Waals surface area contributed by atoms with Gasteiger partial charge in [0.1, 0.15) is 0 Å². The Balaban J connectivity index is 0.00000155. The molecule has 3 aromatic rings. The number of benzene rings is 2. The number of nitrogens with one attached hydrogen (secondary N) is 1. The normalized spacial score (nSPS) is 39.7. The molecule has 270 valence electrons. The minimum absolute atomic E-state index is 0. The van der Waals surface area contributed by atoms with Crippen LogP contribution in [-0.2, 0) is 36.5 Å². The van der Waals surface area contributed by atoms with Gasteiger partial charge in [0.25, 0.3) is 0 Å². The molecule has 4 aliphatic heterocycles. The Hall–Kier alpha value is -2.66. The maximum Gasteiger partial charge on any atom is 0.166 e. The Bertz CT molecular complexity index is 1920. The molecule has 2 saturated heterocycles. The summed E-state index contributed by atoms with van der Waals surface area (Å²) in [5, 5.41) is 49.4. The highest BCUT2D eigenvalue weighted by Gasteiger charge is 2.76. The fourth-order valence-electron chi connectivity index (χ4n) is 13.4. The SMILES string of the molecule is Cl.Cl.Oc1ccc2c3c1O[C@H]1c4[nH]c5c(c4C[C@@]4(O)[C@@H](C2)N(CC2CC2)CC[C@]314)C[C@@]1(O)[C@H]2Cc3ccc(O)c4c3[C@@]1(CCN2CC1CC1)[C@H]5O4. The third-order valence-corrected chi connectivity index (χ3v) is 15.7. The van der Waals surface area contributed by atoms with Gasteiger partial charge in [0, 0.05) is 49.1 Å². The Kier molecular flexibility index (Phi) is 6.06. The molecule has 6 aliphatic carbocycles. The molecule has 8 atom stereocenters. The number of phenolic OH excluding ortho intramolecular Hbond substituents is 2. The van der Waals surface area contributed by atoms with Crippen LogP contribution in [0.2, 0.25) is 0 Å². The quantitative estimate of drug-likeness (QED) is 0.263. The van der Waals surface area contributed by atoms with Gasteiger partial charge in [-0.15, -0.1) is 24.8 Å². The van der Waals surface area contributed by atoms with Crippen molar-refractivity contribution in [1.29, 1.82) is 0 Å². The third kappa shape index (κ3) is 3.39. The van der Waals surface area contributed by atoms with Crippen molar-refractivity contribution in [3.05, 3.63) is 69.0 Å². The second-order valence-corrected chi connectivity index (χ2v) is 17.8. The molecular weight excluding hydrogens is 689 g/mol. The van der Waals surface area contributed by atoms with Crippen molar-refractivity contribution < 1.29 is 29.9 Å². The number of rotatable bonds is 4. The van der Waals surface area contributed by atoms with E-state index in [1.54, 1.807) is 12.1 Å². The zero-order chi connectivity index (χ0) is 32.4. The van der Waals surface area contributed by atoms with Crippen LogP contribution in [0.4, 0.5) is 0 Å². The van der Waals surface area contributed by atoms with Crippen molar-refractivity contribution in [3.63, 3.8) is 0 Å². The molecule has 13 rings (SSSR count). The maximum atomic E-state index is 13.5. The lowest BCUT2D eigenvalue weighted by atomic mass is 9.47. The smallest absolute Gasteiger partial charge is 0.166 e. The molecule has 5 N–H and O–H groups in total. The molecule has 2 aromatic carbocycles. The van der Waals surface area contributed by atoms with Gasteiger partial charge >= 0.3 is 0 Å². The number of fused-ring (bicyclic) bond motifs is 5. The molecule has 4 fully saturated rings. The van der Waals surface area contributed by atoms with Crippen LogP contribution in [-0.4, -0.2) is 84.7 Å². The average Bonchev–Trinajstić information content (AvgIpc) is 3.98. The first-order chi connectivity index (χ1) is 23.7. The van der Waals surface area contributed by atoms with E-state index in [1.807, 2.05) is 0 Å². The minimum Gasteiger partial charge on any atom is -0.504 e. The van der Waals surface area contributed by atoms with Crippen LogP contribution >= 0.6 is 24.8 Å². The number of aliphatic hydroxyl groups is 2. The van der Waals surface area contributed by atoms with Crippen molar-refractivity contribution in [2.24, 2.45) is 11.8 Å². The van der Waals surface area contributed by atoms with Gasteiger partial charge < -0.3 is 34.9 Å². The van der Waals surface area contributed by atoms with E-state index < -0.39 is 34.2 Å². The number of piperidine rings is 2. The molecule has 9 nitrogen and oxygen atoms in total. The summed E-state index contributed by atoms with van der Waals surface area (Å²) in [6.45, 7) is 3.84. The number of halogens is 2. The van der Waals surface area contributed by atoms with Crippen molar-refractivity contribution in [2.75, 3.05) is 26.2 Å². The van der Waals surface area contributed by atoms with E-state index >= 15 is 0 Å². The predicted molar refractivity (Wildman–Crippen MR) is 192 cm³/mol. The number of likely N-dealkylation sites (tertiary alicyclic amines) is 2. The van der Waals surface area contributed by atoms with Gasteiger partial charge in [0.05, 0.1) is 33.4 Å². The van der Waals surface area contributed by atoms with Crippen LogP contribution in [0.15, 0.2) is 24.3 Å². The summed E-state index contributed by atoms with van der Waals surface area (Å²) in [7, 11) is 0. The standard InChI is InChI=1S/C40H43N3O6.2ClH/c44-25-7-5-21-13-27-39(46)15-23-24-16-40(47)28-14-22-6-8-26(45)34-30(22)38(40,10-12-43(28)18-20-3-4-20)36(49-34)32(24)41-31(23)35-37(39,29(21)33(25)48-35)9-11-42(27)17-19-1-2-19;;/h5-8,19-20,27-28,35-36,41,44-47H,1-4,9-18H2;2*1H/t27-,28-,35+,36+,37+,38+,39-,40-;;/m1../s1. The van der Waals surface area contributed by atoms with Gasteiger partial charge in [0.2, 0.25) is 0 Å². The zero-order valence-corrected chi connectivity index (χ0v) is 30.1. The van der Waals surface area contributed by atoms with E-state index in [4.69, 9.17) is 9.47 Å². The fraction of sp³-hybridized carbons (Fsp3) is 0.600. The molecular formula is C40H45Cl2N3O6. The first-order valence-electron chi connectivity index (χ1n) is 19.0. The highest BCUT2D eigenvalue weighted by molar-refractivity contribution is 5.85. The van der Waals surface area contributed by atoms with E-state index in [1.165, 1.54) is 36.8 Å². The summed E-state index contributed by atoms with van der Waals surface area (Å²) in [5.74, 6) is 2.77. The van der Waals surface area contributed by atoms with E-state index in [0.29, 0.717) is 36.2 Å². The maximum absolute atomic E-state index is 13.5. The molecule has 0 unspecified atom stereocenters. The zero-order valence-electron chi connectivity index (χ0n) is 28.5. The van der Waals surface area contributed by atoms with Crippen LogP contribution in [0.1, 0.15) is 95.5 Å². The number of ether oxygens (including phenoxy) is 2. The predicted octanol–water partition coefficient (Wildman–Crippen LogP) is 4.67. The second kappa shape index (κ2) is 9.71. The lowest BCUT2D eigenvalue weighted by molar-refractivity contribution is -0.176. The molecule has 2 spiro atoms. The van der Waals surface area contributed by atoms with Crippen molar-refractivity contribution in [2.45, 2.75) is 111 Å². The van der Waals surface area contributed by atoms with Crippen LogP contribution in [0.5, 0.6) is 23.0 Å². The molecule has 1 aromatic heterocycles. The first kappa shape index (κ1) is 31.8. The Morgan fingerprint density at radius 1 is 0.667 bits per heavy atom. The summed E-state index contributed by atoms with van der Waals surface area (Å²) in [4.78, 5) is 9.05. The highest BCUT2D eigenvalue weighted by Crippen LogP contribution is 2.72. The molecule has 0 radical (unpaired) electrons. The number of nitrogens with zero attached hydrogens (tertiary/aromatic N) is 2. The number of H-pyrrole nitrogens is 1. The van der Waals surface area contributed by atoms with Gasteiger partial charge in [-0.3, -0.25) is 9.80 Å². The fourth-order valence-corrected chi connectivity index (χ4v) is 13.4. The van der Waals surface area contributed by atoms with Crippen molar-refractivity contribution in [3.8, 4) is 23.0 Å². The summed E-state index contributed by atoms with van der Waals surface area (Å²) in [5.41, 5.74) is 4.93. The number of aromatic amines is 1. The Morgan fingerprint density at radius 3 is 1.51 bits per heavy atom. The van der Waals surface area contributed by atoms with E-state index in [9.17, 15) is 20.4 Å². The summed E-state index contributed by atoms with van der Waals surface area (Å²) >= 11 is 0. The number of aromatic hydroxyl groups is 2. The van der Waals surface area contributed by atoms with Crippen molar-refractivity contribution >= 4 is 24.8 Å². The van der Waals surface area contributed by atoms with Crippen LogP contribution < -0.4 is 9.47 Å². The van der Waals surface area contributed by atoms with Gasteiger partial charge in [-0.1, -0.05) is 12.1 Å². The number of phenols is 2. The van der Waals surface area contributed by atoms with Gasteiger partial charge in [-0.25, -0.2) is 0 Å². The van der Waals surface area contributed by atoms with E-state index in [-0.39, 0.29) is 48.4 Å². The molecule has 5 heterocycles. The lowest BCUT2D eigenvalue weighted by Gasteiger charge is -2.63. The van der Waals surface area contributed by atoms with Gasteiger partial charge in [0.15, 0.2) is 35.2 Å². The molecule has 51 heavy (non-hydrogen) atoms. The van der Waals surface area contributed by atoms with Gasteiger partial charge in [-0.05, 0) is 111 Å². The first-order valence-corrected chi connectivity index (χ1v) is 19.0. The lowest BCUT2D eigenvalue weighted by Crippen LogP contribution is -2.75. The summed E-state index contributed by atoms with van der Waals surface area (Å²) < 4.78 is 13.9. The molecule has 4 bridgehead atoms. The van der Waals surface area contributed by atoms with Gasteiger partial charge in [-0.2, -0.15) is 0 Å². The summed E-state index contributed by atoms with van der Waals surface area (Å²) in [6.07, 6.45) is 8.06. The second-order valence-electron chi connectivity index (χ2n) is 17.8. The third-order valence-electron chi connectivity index (χ3n) is 15.7. The van der Waals surface area contributed by atoms with E-state index in [0.717, 1.165) is 85.5 Å². The average molecular weight is 735 g/mol. The molecule has 2 saturated carbocycles. The summed E-state index contributed by atoms with van der Waals surface area (Å²) in [6, 6.07) is 7.56. The highest BCUT2D eigenvalue weighted by atomic mass is 35.5. The number of hydrogen-bond donors (Lipinski definition) is 5. The number of hydrogen-bond acceptors (Lipinski definition) is 8. The molecule has 10 aliphatic rings. The van der Waals surface area contributed by atoms with Crippen LogP contribution in [0, 0.1) is 11.8 Å². The van der Waals surface area contributed by atoms with E-state index in [2.05, 4.69) is 26.9 Å².